The third kappa shape index (κ3) is 9.12. The predicted molar refractivity (Wildman–Crippen MR) is 484 cm³/mol. The molecule has 5 aromatic heterocycles. The van der Waals surface area contributed by atoms with E-state index >= 15 is 0 Å². The second kappa shape index (κ2) is 23.9. The van der Waals surface area contributed by atoms with E-state index < -0.39 is 0 Å². The summed E-state index contributed by atoms with van der Waals surface area (Å²) in [5.74, 6) is 0.683. The molecular formula is C110H72N6. The van der Waals surface area contributed by atoms with Crippen LogP contribution in [0.5, 0.6) is 0 Å². The Bertz CT molecular complexity index is 8070. The van der Waals surface area contributed by atoms with Gasteiger partial charge in [-0.05, 0) is 216 Å². The molecule has 116 heavy (non-hydrogen) atoms. The van der Waals surface area contributed by atoms with Gasteiger partial charge >= 0.3 is 0 Å². The second-order valence-corrected chi connectivity index (χ2v) is 33.1. The van der Waals surface area contributed by atoms with Gasteiger partial charge in [-0.15, -0.1) is 0 Å². The Labute approximate surface area is 670 Å². The lowest BCUT2D eigenvalue weighted by Crippen LogP contribution is -2.15. The molecule has 0 bridgehead atoms. The van der Waals surface area contributed by atoms with Crippen LogP contribution >= 0.6 is 0 Å². The summed E-state index contributed by atoms with van der Waals surface area (Å²) in [7, 11) is 0. The molecule has 0 atom stereocenters. The van der Waals surface area contributed by atoms with E-state index in [0.717, 1.165) is 83.8 Å². The van der Waals surface area contributed by atoms with Crippen LogP contribution in [-0.4, -0.2) is 28.2 Å². The summed E-state index contributed by atoms with van der Waals surface area (Å²) in [6, 6.07) is 136. The summed E-state index contributed by atoms with van der Waals surface area (Å²) in [6.45, 7) is 9.46. The van der Waals surface area contributed by atoms with Crippen LogP contribution in [0.3, 0.4) is 0 Å². The van der Waals surface area contributed by atoms with Crippen molar-refractivity contribution in [1.29, 1.82) is 0 Å². The molecule has 22 aromatic rings. The van der Waals surface area contributed by atoms with E-state index in [-0.39, 0.29) is 10.8 Å². The summed E-state index contributed by atoms with van der Waals surface area (Å²) in [6.07, 6.45) is 0. The molecular weight excluding hydrogens is 1410 g/mol. The molecule has 3 aliphatic carbocycles. The fourth-order valence-electron chi connectivity index (χ4n) is 20.9. The van der Waals surface area contributed by atoms with E-state index in [2.05, 4.69) is 410 Å². The fraction of sp³-hybridized carbons (Fsp3) is 0.0545. The van der Waals surface area contributed by atoms with Crippen LogP contribution in [0.2, 0.25) is 0 Å². The number of fused-ring (bicyclic) bond motifs is 21. The van der Waals surface area contributed by atoms with Crippen molar-refractivity contribution in [3.63, 3.8) is 0 Å². The summed E-state index contributed by atoms with van der Waals surface area (Å²) >= 11 is 0. The van der Waals surface area contributed by atoms with Gasteiger partial charge in [0, 0.05) is 98.9 Å². The van der Waals surface area contributed by atoms with Crippen LogP contribution in [-0.2, 0) is 10.8 Å². The van der Waals surface area contributed by atoms with Crippen molar-refractivity contribution in [3.8, 4) is 123 Å². The minimum Gasteiger partial charge on any atom is -0.309 e. The molecule has 5 heterocycles. The average molecular weight is 1480 g/mol. The van der Waals surface area contributed by atoms with Crippen LogP contribution < -0.4 is 0 Å². The zero-order valence-electron chi connectivity index (χ0n) is 64.3. The molecule has 25 rings (SSSR count). The number of para-hydroxylation sites is 4. The molecule has 0 aliphatic heterocycles. The minimum atomic E-state index is -0.106. The minimum absolute atomic E-state index is 0.105. The van der Waals surface area contributed by atoms with Gasteiger partial charge in [0.25, 0.3) is 0 Å². The lowest BCUT2D eigenvalue weighted by molar-refractivity contribution is 0.660. The second-order valence-electron chi connectivity index (χ2n) is 33.1. The molecule has 6 heteroatoms. The molecule has 0 fully saturated rings. The normalized spacial score (nSPS) is 13.5. The Balaban J connectivity index is 0.562. The van der Waals surface area contributed by atoms with Crippen molar-refractivity contribution in [2.24, 2.45) is 0 Å². The van der Waals surface area contributed by atoms with Crippen LogP contribution in [0.25, 0.3) is 221 Å². The standard InChI is InChI=1S/C110H72N6/c1-109(2)92-34-14-8-26-77(92)79-52-48-74(63-94(79)109)114-98-38-18-12-30-83(98)90-59-67(44-56-100(90)114)69-42-50-85-81-28-10-16-36-96(81)113(102(85)61-69)72-46-40-66(41-47-72)108-111-106(65-22-6-5-7-23-65)105-88-55-54-76(87-32-21-33-89(104(87)88)107(105)112-108)71-24-20-25-73(58-71)116-97-37-17-11-29-82(97)86-51-43-70(62-103(86)116)68-45-57-101-91(60-68)84-31-13-19-39-99(84)115(101)75-49-53-80-78-27-9-15-35-93(78)110(3,4)95(80)64-75/h5-64H,1-4H3. The van der Waals surface area contributed by atoms with Crippen molar-refractivity contribution < 1.29 is 0 Å². The molecule has 0 spiro atoms. The van der Waals surface area contributed by atoms with Crippen LogP contribution in [0.1, 0.15) is 49.9 Å². The average Bonchev–Trinajstić information content (AvgIpc) is 1.56. The van der Waals surface area contributed by atoms with Gasteiger partial charge in [-0.1, -0.05) is 270 Å². The van der Waals surface area contributed by atoms with Gasteiger partial charge in [0.1, 0.15) is 0 Å². The van der Waals surface area contributed by atoms with Gasteiger partial charge in [-0.25, -0.2) is 9.97 Å². The van der Waals surface area contributed by atoms with E-state index in [9.17, 15) is 0 Å². The molecule has 0 amide bonds. The molecule has 3 aliphatic rings. The predicted octanol–water partition coefficient (Wildman–Crippen LogP) is 28.6. The van der Waals surface area contributed by atoms with Crippen LogP contribution in [0.15, 0.2) is 364 Å². The quantitative estimate of drug-likeness (QED) is 0.145. The highest BCUT2D eigenvalue weighted by atomic mass is 15.0. The Kier molecular flexibility index (Phi) is 13.4. The van der Waals surface area contributed by atoms with Gasteiger partial charge in [-0.2, -0.15) is 0 Å². The van der Waals surface area contributed by atoms with Crippen molar-refractivity contribution in [2.45, 2.75) is 38.5 Å². The molecule has 0 N–H and O–H groups in total. The fourth-order valence-corrected chi connectivity index (χ4v) is 20.9. The van der Waals surface area contributed by atoms with Crippen LogP contribution in [0, 0.1) is 0 Å². The maximum absolute atomic E-state index is 5.65. The number of rotatable bonds is 9. The highest BCUT2D eigenvalue weighted by Gasteiger charge is 2.38. The third-order valence-corrected chi connectivity index (χ3v) is 26.3. The SMILES string of the molecule is CC1(C)c2ccccc2-c2ccc(-n3c4ccccc4c4cc(-c5ccc6c7ccccc7n(-c7ccc(-c8nc(-c9ccccc9)c9c(n8)-c8cccc%10c(-c%11cccc(-n%12c%13ccccc%13c%13ccc(-c%14ccc%15c(c%14)c%14ccccc%14n%15-c%14ccc%15c(c%14)C(C)(C)c%14ccccc%14-%15)cc%13%12)c%11)ccc-9c8%10)cc7)c6c5)ccc43)cc21. The first kappa shape index (κ1) is 64.9. The topological polar surface area (TPSA) is 45.5 Å². The lowest BCUT2D eigenvalue weighted by atomic mass is 9.82. The first-order chi connectivity index (χ1) is 57.0. The molecule has 0 unspecified atom stereocenters. The van der Waals surface area contributed by atoms with Gasteiger partial charge < -0.3 is 18.3 Å². The first-order valence-electron chi connectivity index (χ1n) is 40.4. The Morgan fingerprint density at radius 1 is 0.198 bits per heavy atom. The smallest absolute Gasteiger partial charge is 0.160 e. The maximum atomic E-state index is 5.65. The van der Waals surface area contributed by atoms with Crippen LogP contribution in [0.4, 0.5) is 0 Å². The summed E-state index contributed by atoms with van der Waals surface area (Å²) in [5, 5.41) is 12.2. The Hall–Kier alpha value is -14.7. The highest BCUT2D eigenvalue weighted by molar-refractivity contribution is 6.21. The number of hydrogen-bond acceptors (Lipinski definition) is 2. The van der Waals surface area contributed by atoms with Crippen molar-refractivity contribution in [2.75, 3.05) is 0 Å². The number of nitrogens with zero attached hydrogens (tertiary/aromatic N) is 6. The number of hydrogen-bond donors (Lipinski definition) is 0. The number of benzene rings is 17. The van der Waals surface area contributed by atoms with Crippen molar-refractivity contribution in [1.82, 2.24) is 28.2 Å². The maximum Gasteiger partial charge on any atom is 0.160 e. The van der Waals surface area contributed by atoms with E-state index in [1.165, 1.54) is 154 Å². The monoisotopic (exact) mass is 1480 g/mol. The summed E-state index contributed by atoms with van der Waals surface area (Å²) < 4.78 is 9.82. The van der Waals surface area contributed by atoms with Gasteiger partial charge in [-0.3, -0.25) is 0 Å². The van der Waals surface area contributed by atoms with Gasteiger partial charge in [0.2, 0.25) is 0 Å². The number of aromatic nitrogens is 6. The highest BCUT2D eigenvalue weighted by Crippen LogP contribution is 2.55. The van der Waals surface area contributed by atoms with Crippen molar-refractivity contribution >= 4 is 98.0 Å². The third-order valence-electron chi connectivity index (χ3n) is 26.3. The Morgan fingerprint density at radius 2 is 0.569 bits per heavy atom. The van der Waals surface area contributed by atoms with Gasteiger partial charge in [0.15, 0.2) is 5.82 Å². The largest absolute Gasteiger partial charge is 0.309 e. The first-order valence-corrected chi connectivity index (χ1v) is 40.4. The summed E-state index contributed by atoms with van der Waals surface area (Å²) in [5.41, 5.74) is 38.7. The molecule has 6 nitrogen and oxygen atoms in total. The van der Waals surface area contributed by atoms with E-state index in [4.69, 9.17) is 9.97 Å². The molecule has 0 saturated carbocycles. The van der Waals surface area contributed by atoms with Gasteiger partial charge in [0.05, 0.1) is 55.5 Å². The molecule has 542 valence electrons. The van der Waals surface area contributed by atoms with E-state index in [1.807, 2.05) is 0 Å². The molecule has 0 saturated heterocycles. The lowest BCUT2D eigenvalue weighted by Gasteiger charge is -2.22. The molecule has 17 aromatic carbocycles. The zero-order valence-corrected chi connectivity index (χ0v) is 64.3. The molecule has 0 radical (unpaired) electrons. The Morgan fingerprint density at radius 3 is 1.13 bits per heavy atom. The van der Waals surface area contributed by atoms with E-state index in [1.54, 1.807) is 0 Å². The summed E-state index contributed by atoms with van der Waals surface area (Å²) in [4.78, 5) is 11.3. The van der Waals surface area contributed by atoms with Crippen molar-refractivity contribution in [3.05, 3.63) is 386 Å². The zero-order chi connectivity index (χ0) is 76.6. The van der Waals surface area contributed by atoms with E-state index in [0.29, 0.717) is 5.82 Å².